The molecule has 1 N–H and O–H groups in total. The highest BCUT2D eigenvalue weighted by atomic mass is 35.5. The van der Waals surface area contributed by atoms with Crippen LogP contribution in [-0.4, -0.2) is 30.7 Å². The van der Waals surface area contributed by atoms with E-state index in [4.69, 9.17) is 11.6 Å². The van der Waals surface area contributed by atoms with Gasteiger partial charge in [-0.25, -0.2) is 0 Å². The summed E-state index contributed by atoms with van der Waals surface area (Å²) in [6, 6.07) is 5.71. The molecule has 1 atom stereocenters. The van der Waals surface area contributed by atoms with Crippen molar-refractivity contribution in [2.45, 2.75) is 13.0 Å². The van der Waals surface area contributed by atoms with Crippen LogP contribution in [0.5, 0.6) is 0 Å². The van der Waals surface area contributed by atoms with E-state index in [9.17, 15) is 5.11 Å². The Labute approximate surface area is 107 Å². The molecule has 1 rings (SSSR count). The fourth-order valence-electron chi connectivity index (χ4n) is 1.44. The first-order chi connectivity index (χ1) is 7.56. The van der Waals surface area contributed by atoms with E-state index >= 15 is 0 Å². The molecule has 16 heavy (non-hydrogen) atoms. The number of aliphatic hydroxyl groups excluding tert-OH is 1. The van der Waals surface area contributed by atoms with Gasteiger partial charge in [0, 0.05) is 19.3 Å². The largest absolute Gasteiger partial charge is 0.389 e. The van der Waals surface area contributed by atoms with E-state index in [0.717, 1.165) is 23.5 Å². The molecule has 0 aliphatic rings. The number of nitrogens with zero attached hydrogens (tertiary/aromatic N) is 1. The summed E-state index contributed by atoms with van der Waals surface area (Å²) in [5.41, 5.74) is 1.87. The van der Waals surface area contributed by atoms with Gasteiger partial charge in [-0.1, -0.05) is 17.7 Å². The molecule has 0 unspecified atom stereocenters. The summed E-state index contributed by atoms with van der Waals surface area (Å²) >= 11 is 8.00. The SMILES string of the molecule is CSCCN(C)c1ccc([C@@H](C)O)cc1Cl. The van der Waals surface area contributed by atoms with Gasteiger partial charge in [-0.15, -0.1) is 0 Å². The predicted octanol–water partition coefficient (Wildman–Crippen LogP) is 3.19. The van der Waals surface area contributed by atoms with Crippen LogP contribution >= 0.6 is 23.4 Å². The molecule has 0 spiro atoms. The van der Waals surface area contributed by atoms with Crippen molar-refractivity contribution in [3.8, 4) is 0 Å². The second-order valence-electron chi connectivity index (χ2n) is 3.80. The Kier molecular flexibility index (Phi) is 5.46. The van der Waals surface area contributed by atoms with E-state index in [2.05, 4.69) is 11.2 Å². The molecule has 1 aromatic rings. The summed E-state index contributed by atoms with van der Waals surface area (Å²) in [4.78, 5) is 2.13. The number of benzene rings is 1. The molecule has 2 nitrogen and oxygen atoms in total. The van der Waals surface area contributed by atoms with Gasteiger partial charge in [0.05, 0.1) is 16.8 Å². The Morgan fingerprint density at radius 3 is 2.69 bits per heavy atom. The average molecular weight is 260 g/mol. The van der Waals surface area contributed by atoms with Crippen LogP contribution in [-0.2, 0) is 0 Å². The average Bonchev–Trinajstić information content (AvgIpc) is 2.25. The van der Waals surface area contributed by atoms with E-state index in [1.165, 1.54) is 0 Å². The Morgan fingerprint density at radius 2 is 2.19 bits per heavy atom. The topological polar surface area (TPSA) is 23.5 Å². The van der Waals surface area contributed by atoms with Crippen LogP contribution < -0.4 is 4.90 Å². The first-order valence-corrected chi connectivity index (χ1v) is 7.01. The number of anilines is 1. The second kappa shape index (κ2) is 6.38. The van der Waals surface area contributed by atoms with Crippen LogP contribution in [0, 0.1) is 0 Å². The second-order valence-corrected chi connectivity index (χ2v) is 5.19. The first kappa shape index (κ1) is 13.7. The third-order valence-electron chi connectivity index (χ3n) is 2.50. The van der Waals surface area contributed by atoms with Gasteiger partial charge in [0.15, 0.2) is 0 Å². The molecule has 0 fully saturated rings. The molecular formula is C12H18ClNOS. The lowest BCUT2D eigenvalue weighted by atomic mass is 10.1. The number of thioether (sulfide) groups is 1. The minimum Gasteiger partial charge on any atom is -0.389 e. The lowest BCUT2D eigenvalue weighted by Crippen LogP contribution is -2.20. The van der Waals surface area contributed by atoms with Crippen molar-refractivity contribution in [1.29, 1.82) is 0 Å². The lowest BCUT2D eigenvalue weighted by Gasteiger charge is -2.21. The predicted molar refractivity (Wildman–Crippen MR) is 73.7 cm³/mol. The zero-order valence-corrected chi connectivity index (χ0v) is 11.5. The smallest absolute Gasteiger partial charge is 0.0762 e. The molecule has 0 aromatic heterocycles. The summed E-state index contributed by atoms with van der Waals surface area (Å²) in [5, 5.41) is 10.1. The Morgan fingerprint density at radius 1 is 1.50 bits per heavy atom. The van der Waals surface area contributed by atoms with Crippen LogP contribution in [0.1, 0.15) is 18.6 Å². The molecular weight excluding hydrogens is 242 g/mol. The Bertz CT molecular complexity index is 344. The third-order valence-corrected chi connectivity index (χ3v) is 3.39. The minimum atomic E-state index is -0.469. The van der Waals surface area contributed by atoms with Crippen molar-refractivity contribution in [3.63, 3.8) is 0 Å². The van der Waals surface area contributed by atoms with Crippen molar-refractivity contribution in [2.75, 3.05) is 30.5 Å². The van der Waals surface area contributed by atoms with E-state index in [1.807, 2.05) is 37.0 Å². The number of hydrogen-bond donors (Lipinski definition) is 1. The van der Waals surface area contributed by atoms with Crippen molar-refractivity contribution in [1.82, 2.24) is 0 Å². The van der Waals surface area contributed by atoms with Gasteiger partial charge in [-0.05, 0) is 30.9 Å². The monoisotopic (exact) mass is 259 g/mol. The van der Waals surface area contributed by atoms with E-state index in [0.29, 0.717) is 5.02 Å². The van der Waals surface area contributed by atoms with E-state index in [1.54, 1.807) is 6.92 Å². The van der Waals surface area contributed by atoms with Gasteiger partial charge >= 0.3 is 0 Å². The van der Waals surface area contributed by atoms with Crippen molar-refractivity contribution < 1.29 is 5.11 Å². The van der Waals surface area contributed by atoms with Gasteiger partial charge < -0.3 is 10.0 Å². The molecule has 0 aliphatic carbocycles. The molecule has 0 saturated carbocycles. The Hall–Kier alpha value is -0.380. The molecule has 0 bridgehead atoms. The molecule has 0 heterocycles. The number of rotatable bonds is 5. The van der Waals surface area contributed by atoms with Crippen molar-refractivity contribution in [3.05, 3.63) is 28.8 Å². The quantitative estimate of drug-likeness (QED) is 0.879. The highest BCUT2D eigenvalue weighted by Crippen LogP contribution is 2.28. The molecule has 90 valence electrons. The highest BCUT2D eigenvalue weighted by molar-refractivity contribution is 7.98. The van der Waals surface area contributed by atoms with Crippen LogP contribution in [0.3, 0.4) is 0 Å². The van der Waals surface area contributed by atoms with Gasteiger partial charge in [0.1, 0.15) is 0 Å². The molecule has 0 saturated heterocycles. The highest BCUT2D eigenvalue weighted by Gasteiger charge is 2.08. The summed E-state index contributed by atoms with van der Waals surface area (Å²) < 4.78 is 0. The van der Waals surface area contributed by atoms with Gasteiger partial charge in [0.2, 0.25) is 0 Å². The molecule has 4 heteroatoms. The molecule has 0 aliphatic heterocycles. The summed E-state index contributed by atoms with van der Waals surface area (Å²) in [6.45, 7) is 2.71. The summed E-state index contributed by atoms with van der Waals surface area (Å²) in [5.74, 6) is 1.07. The molecule has 0 amide bonds. The zero-order valence-electron chi connectivity index (χ0n) is 9.90. The maximum absolute atomic E-state index is 9.44. The maximum atomic E-state index is 9.44. The fourth-order valence-corrected chi connectivity index (χ4v) is 2.23. The third kappa shape index (κ3) is 3.58. The standard InChI is InChI=1S/C12H18ClNOS/c1-9(15)10-4-5-12(11(13)8-10)14(2)6-7-16-3/h4-5,8-9,15H,6-7H2,1-3H3/t9-/m1/s1. The van der Waals surface area contributed by atoms with Crippen molar-refractivity contribution in [2.24, 2.45) is 0 Å². The normalized spacial score (nSPS) is 12.6. The van der Waals surface area contributed by atoms with Gasteiger partial charge in [-0.3, -0.25) is 0 Å². The van der Waals surface area contributed by atoms with E-state index in [-0.39, 0.29) is 0 Å². The zero-order chi connectivity index (χ0) is 12.1. The van der Waals surface area contributed by atoms with Crippen LogP contribution in [0.2, 0.25) is 5.02 Å². The van der Waals surface area contributed by atoms with Gasteiger partial charge in [-0.2, -0.15) is 11.8 Å². The summed E-state index contributed by atoms with van der Waals surface area (Å²) in [7, 11) is 2.03. The van der Waals surface area contributed by atoms with Crippen molar-refractivity contribution >= 4 is 29.1 Å². The van der Waals surface area contributed by atoms with Crippen LogP contribution in [0.15, 0.2) is 18.2 Å². The molecule has 0 radical (unpaired) electrons. The maximum Gasteiger partial charge on any atom is 0.0762 e. The summed E-state index contributed by atoms with van der Waals surface area (Å²) in [6.07, 6.45) is 1.62. The number of halogens is 1. The van der Waals surface area contributed by atoms with Crippen LogP contribution in [0.25, 0.3) is 0 Å². The Balaban J connectivity index is 2.81. The number of aliphatic hydroxyl groups is 1. The van der Waals surface area contributed by atoms with Crippen LogP contribution in [0.4, 0.5) is 5.69 Å². The fraction of sp³-hybridized carbons (Fsp3) is 0.500. The van der Waals surface area contributed by atoms with Gasteiger partial charge in [0.25, 0.3) is 0 Å². The molecule has 1 aromatic carbocycles. The first-order valence-electron chi connectivity index (χ1n) is 5.24. The number of hydrogen-bond acceptors (Lipinski definition) is 3. The minimum absolute atomic E-state index is 0.469. The lowest BCUT2D eigenvalue weighted by molar-refractivity contribution is 0.199. The van der Waals surface area contributed by atoms with E-state index < -0.39 is 6.10 Å².